The third-order valence-corrected chi connectivity index (χ3v) is 5.59. The van der Waals surface area contributed by atoms with Crippen LogP contribution in [0.2, 0.25) is 0 Å². The van der Waals surface area contributed by atoms with Gasteiger partial charge >= 0.3 is 6.03 Å². The first-order valence-electron chi connectivity index (χ1n) is 9.10. The van der Waals surface area contributed by atoms with Crippen LogP contribution < -0.4 is 5.32 Å². The van der Waals surface area contributed by atoms with E-state index in [2.05, 4.69) is 29.4 Å². The molecule has 0 bridgehead atoms. The number of amides is 2. The minimum absolute atomic E-state index is 0.0778. The minimum Gasteiger partial charge on any atom is -0.334 e. The lowest BCUT2D eigenvalue weighted by Gasteiger charge is -2.31. The number of carbonyl (C=O) groups excluding carboxylic acids is 1. The molecule has 2 heterocycles. The number of nitrogens with zero attached hydrogens (tertiary/aromatic N) is 3. The van der Waals surface area contributed by atoms with Gasteiger partial charge in [-0.05, 0) is 36.5 Å². The standard InChI is InChI=1S/C19H25FN4OS/c1-13(2)10-17-22-23-18(26-17)15-4-3-9-24(12-15)19(25)21-11-14-5-7-16(20)8-6-14/h5-8,13,15H,3-4,9-12H2,1-2H3,(H,21,25). The number of hydrogen-bond acceptors (Lipinski definition) is 4. The van der Waals surface area contributed by atoms with Gasteiger partial charge in [0.2, 0.25) is 0 Å². The molecular weight excluding hydrogens is 351 g/mol. The zero-order valence-electron chi connectivity index (χ0n) is 15.2. The summed E-state index contributed by atoms with van der Waals surface area (Å²) in [6, 6.07) is 6.11. The summed E-state index contributed by atoms with van der Waals surface area (Å²) in [5, 5.41) is 13.7. The van der Waals surface area contributed by atoms with E-state index < -0.39 is 0 Å². The molecule has 0 radical (unpaired) electrons. The van der Waals surface area contributed by atoms with Crippen LogP contribution in [-0.2, 0) is 13.0 Å². The second-order valence-corrected chi connectivity index (χ2v) is 8.30. The van der Waals surface area contributed by atoms with Gasteiger partial charge < -0.3 is 10.2 Å². The molecule has 1 aromatic heterocycles. The zero-order valence-corrected chi connectivity index (χ0v) is 16.1. The van der Waals surface area contributed by atoms with Crippen LogP contribution in [0, 0.1) is 11.7 Å². The van der Waals surface area contributed by atoms with Gasteiger partial charge in [0.15, 0.2) is 0 Å². The average Bonchev–Trinajstić information content (AvgIpc) is 3.09. The van der Waals surface area contributed by atoms with Crippen LogP contribution in [-0.4, -0.2) is 34.2 Å². The monoisotopic (exact) mass is 376 g/mol. The quantitative estimate of drug-likeness (QED) is 0.859. The van der Waals surface area contributed by atoms with Gasteiger partial charge in [-0.2, -0.15) is 0 Å². The second kappa shape index (κ2) is 8.58. The van der Waals surface area contributed by atoms with Crippen molar-refractivity contribution in [3.05, 3.63) is 45.7 Å². The molecule has 1 unspecified atom stereocenters. The Morgan fingerprint density at radius 2 is 2.12 bits per heavy atom. The largest absolute Gasteiger partial charge is 0.334 e. The van der Waals surface area contributed by atoms with Gasteiger partial charge in [0.25, 0.3) is 0 Å². The molecule has 1 saturated heterocycles. The van der Waals surface area contributed by atoms with E-state index in [0.717, 1.165) is 41.4 Å². The van der Waals surface area contributed by atoms with Crippen molar-refractivity contribution in [2.45, 2.75) is 45.6 Å². The van der Waals surface area contributed by atoms with Crippen LogP contribution in [0.1, 0.15) is 48.2 Å². The number of benzene rings is 1. The molecule has 5 nitrogen and oxygen atoms in total. The van der Waals surface area contributed by atoms with Gasteiger partial charge in [0.1, 0.15) is 15.8 Å². The molecule has 1 atom stereocenters. The normalized spacial score (nSPS) is 17.5. The molecular formula is C19H25FN4OS. The molecule has 7 heteroatoms. The van der Waals surface area contributed by atoms with E-state index in [9.17, 15) is 9.18 Å². The molecule has 1 N–H and O–H groups in total. The maximum atomic E-state index is 12.9. The summed E-state index contributed by atoms with van der Waals surface area (Å²) in [7, 11) is 0. The highest BCUT2D eigenvalue weighted by Crippen LogP contribution is 2.29. The van der Waals surface area contributed by atoms with Gasteiger partial charge in [-0.1, -0.05) is 26.0 Å². The SMILES string of the molecule is CC(C)Cc1nnc(C2CCCN(C(=O)NCc3ccc(F)cc3)C2)s1. The Kier molecular flexibility index (Phi) is 6.19. The number of piperidine rings is 1. The van der Waals surface area contributed by atoms with E-state index >= 15 is 0 Å². The highest BCUT2D eigenvalue weighted by atomic mass is 32.1. The zero-order chi connectivity index (χ0) is 18.5. The van der Waals surface area contributed by atoms with E-state index in [1.54, 1.807) is 23.5 Å². The Morgan fingerprint density at radius 3 is 2.85 bits per heavy atom. The number of halogens is 1. The fourth-order valence-corrected chi connectivity index (χ4v) is 4.30. The highest BCUT2D eigenvalue weighted by molar-refractivity contribution is 7.11. The Labute approximate surface area is 157 Å². The summed E-state index contributed by atoms with van der Waals surface area (Å²) in [5.41, 5.74) is 0.885. The molecule has 2 aromatic rings. The summed E-state index contributed by atoms with van der Waals surface area (Å²) in [5.74, 6) is 0.558. The molecule has 0 spiro atoms. The molecule has 1 aliphatic rings. The van der Waals surface area contributed by atoms with Gasteiger partial charge in [-0.3, -0.25) is 0 Å². The Bertz CT molecular complexity index is 731. The molecule has 3 rings (SSSR count). The Morgan fingerprint density at radius 1 is 1.35 bits per heavy atom. The maximum Gasteiger partial charge on any atom is 0.317 e. The van der Waals surface area contributed by atoms with Crippen molar-refractivity contribution in [1.29, 1.82) is 0 Å². The molecule has 140 valence electrons. The smallest absolute Gasteiger partial charge is 0.317 e. The predicted octanol–water partition coefficient (Wildman–Crippen LogP) is 3.96. The molecule has 1 fully saturated rings. The van der Waals surface area contributed by atoms with Crippen LogP contribution in [0.3, 0.4) is 0 Å². The summed E-state index contributed by atoms with van der Waals surface area (Å²) < 4.78 is 12.9. The van der Waals surface area contributed by atoms with Gasteiger partial charge in [-0.25, -0.2) is 9.18 Å². The fourth-order valence-electron chi connectivity index (χ4n) is 3.12. The van der Waals surface area contributed by atoms with Crippen LogP contribution >= 0.6 is 11.3 Å². The predicted molar refractivity (Wildman–Crippen MR) is 101 cm³/mol. The Balaban J connectivity index is 1.54. The maximum absolute atomic E-state index is 12.9. The first-order valence-corrected chi connectivity index (χ1v) is 9.92. The van der Waals surface area contributed by atoms with E-state index in [0.29, 0.717) is 19.0 Å². The van der Waals surface area contributed by atoms with Crippen molar-refractivity contribution < 1.29 is 9.18 Å². The molecule has 2 amide bonds. The van der Waals surface area contributed by atoms with Crippen LogP contribution in [0.25, 0.3) is 0 Å². The lowest BCUT2D eigenvalue weighted by atomic mass is 9.99. The second-order valence-electron chi connectivity index (χ2n) is 7.20. The molecule has 0 saturated carbocycles. The molecule has 1 aromatic carbocycles. The summed E-state index contributed by atoms with van der Waals surface area (Å²) in [6.45, 7) is 6.18. The summed E-state index contributed by atoms with van der Waals surface area (Å²) >= 11 is 1.68. The van der Waals surface area contributed by atoms with Crippen molar-refractivity contribution >= 4 is 17.4 Å². The van der Waals surface area contributed by atoms with E-state index in [-0.39, 0.29) is 17.8 Å². The number of likely N-dealkylation sites (tertiary alicyclic amines) is 1. The Hall–Kier alpha value is -2.02. The van der Waals surface area contributed by atoms with Crippen molar-refractivity contribution in [3.63, 3.8) is 0 Å². The summed E-state index contributed by atoms with van der Waals surface area (Å²) in [6.07, 6.45) is 2.96. The number of aromatic nitrogens is 2. The van der Waals surface area contributed by atoms with Crippen LogP contribution in [0.5, 0.6) is 0 Å². The highest BCUT2D eigenvalue weighted by Gasteiger charge is 2.27. The molecule has 26 heavy (non-hydrogen) atoms. The van der Waals surface area contributed by atoms with Crippen molar-refractivity contribution in [1.82, 2.24) is 20.4 Å². The fraction of sp³-hybridized carbons (Fsp3) is 0.526. The third-order valence-electron chi connectivity index (χ3n) is 4.48. The van der Waals surface area contributed by atoms with Crippen molar-refractivity contribution in [3.8, 4) is 0 Å². The van der Waals surface area contributed by atoms with E-state index in [1.165, 1.54) is 12.1 Å². The lowest BCUT2D eigenvalue weighted by molar-refractivity contribution is 0.179. The lowest BCUT2D eigenvalue weighted by Crippen LogP contribution is -2.44. The van der Waals surface area contributed by atoms with Gasteiger partial charge in [0.05, 0.1) is 0 Å². The van der Waals surface area contributed by atoms with Crippen LogP contribution in [0.15, 0.2) is 24.3 Å². The van der Waals surface area contributed by atoms with E-state index in [1.807, 2.05) is 4.90 Å². The number of nitrogens with one attached hydrogen (secondary N) is 1. The van der Waals surface area contributed by atoms with Gasteiger partial charge in [-0.15, -0.1) is 21.5 Å². The van der Waals surface area contributed by atoms with Crippen molar-refractivity contribution in [2.24, 2.45) is 5.92 Å². The van der Waals surface area contributed by atoms with Crippen molar-refractivity contribution in [2.75, 3.05) is 13.1 Å². The first kappa shape index (κ1) is 18.8. The number of carbonyl (C=O) groups is 1. The first-order chi connectivity index (χ1) is 12.5. The number of urea groups is 1. The number of hydrogen-bond donors (Lipinski definition) is 1. The topological polar surface area (TPSA) is 58.1 Å². The van der Waals surface area contributed by atoms with Gasteiger partial charge in [0, 0.05) is 32.0 Å². The summed E-state index contributed by atoms with van der Waals surface area (Å²) in [4.78, 5) is 14.3. The third kappa shape index (κ3) is 5.00. The molecule has 1 aliphatic heterocycles. The number of rotatable bonds is 5. The van der Waals surface area contributed by atoms with Crippen LogP contribution in [0.4, 0.5) is 9.18 Å². The molecule has 0 aliphatic carbocycles. The average molecular weight is 377 g/mol. The minimum atomic E-state index is -0.271. The van der Waals surface area contributed by atoms with E-state index in [4.69, 9.17) is 0 Å².